The lowest BCUT2D eigenvalue weighted by Crippen LogP contribution is -2.52. The van der Waals surface area contributed by atoms with E-state index in [2.05, 4.69) is 20.3 Å². The zero-order chi connectivity index (χ0) is 19.7. The van der Waals surface area contributed by atoms with E-state index in [1.54, 1.807) is 4.57 Å². The van der Waals surface area contributed by atoms with Crippen LogP contribution in [0, 0.1) is 5.92 Å². The van der Waals surface area contributed by atoms with Crippen LogP contribution in [0.15, 0.2) is 12.7 Å². The largest absolute Gasteiger partial charge is 0.394 e. The summed E-state index contributed by atoms with van der Waals surface area (Å²) in [5.74, 6) is 0.0443. The molecule has 3 rings (SSSR count). The molecular weight excluding hydrogens is 354 g/mol. The molecule has 1 amide bonds. The third-order valence-electron chi connectivity index (χ3n) is 4.58. The van der Waals surface area contributed by atoms with Crippen molar-refractivity contribution in [2.75, 3.05) is 12.3 Å². The Bertz CT molecular complexity index is 811. The molecule has 0 radical (unpaired) electrons. The maximum atomic E-state index is 12.5. The second kappa shape index (κ2) is 7.72. The second-order valence-electron chi connectivity index (χ2n) is 7.09. The first-order valence-corrected chi connectivity index (χ1v) is 8.76. The van der Waals surface area contributed by atoms with Gasteiger partial charge in [-0.05, 0) is 12.3 Å². The van der Waals surface area contributed by atoms with Crippen molar-refractivity contribution in [2.24, 2.45) is 11.7 Å². The highest BCUT2D eigenvalue weighted by Crippen LogP contribution is 2.32. The Hall–Kier alpha value is -2.34. The highest BCUT2D eigenvalue weighted by atomic mass is 16.5. The quantitative estimate of drug-likeness (QED) is 0.401. The summed E-state index contributed by atoms with van der Waals surface area (Å²) in [5, 5.41) is 22.8. The summed E-state index contributed by atoms with van der Waals surface area (Å²) in [7, 11) is 0. The van der Waals surface area contributed by atoms with Crippen molar-refractivity contribution >= 4 is 22.9 Å². The first-order chi connectivity index (χ1) is 12.8. The Balaban J connectivity index is 1.89. The van der Waals surface area contributed by atoms with E-state index in [4.69, 9.17) is 16.2 Å². The van der Waals surface area contributed by atoms with Crippen molar-refractivity contribution < 1.29 is 19.7 Å². The van der Waals surface area contributed by atoms with Gasteiger partial charge in [0.25, 0.3) is 0 Å². The van der Waals surface area contributed by atoms with Crippen LogP contribution in [0.4, 0.5) is 5.82 Å². The van der Waals surface area contributed by atoms with E-state index in [0.29, 0.717) is 17.6 Å². The fourth-order valence-electron chi connectivity index (χ4n) is 3.23. The minimum Gasteiger partial charge on any atom is -0.394 e. The predicted octanol–water partition coefficient (Wildman–Crippen LogP) is -1.48. The van der Waals surface area contributed by atoms with Gasteiger partial charge in [-0.2, -0.15) is 0 Å². The Kier molecular flexibility index (Phi) is 5.56. The summed E-state index contributed by atoms with van der Waals surface area (Å²) in [4.78, 5) is 24.7. The van der Waals surface area contributed by atoms with Crippen molar-refractivity contribution in [1.29, 1.82) is 0 Å². The van der Waals surface area contributed by atoms with Crippen LogP contribution in [0.3, 0.4) is 0 Å². The number of aliphatic hydroxyl groups is 2. The number of rotatable bonds is 6. The molecule has 2 aromatic rings. The number of hydrogen-bond acceptors (Lipinski definition) is 9. The number of aliphatic hydroxyl groups excluding tert-OH is 2. The molecule has 27 heavy (non-hydrogen) atoms. The number of nitrogens with two attached hydrogens (primary N) is 2. The van der Waals surface area contributed by atoms with Gasteiger partial charge in [0.15, 0.2) is 17.7 Å². The maximum absolute atomic E-state index is 12.5. The topological polar surface area (TPSA) is 174 Å². The average molecular weight is 379 g/mol. The highest BCUT2D eigenvalue weighted by Gasteiger charge is 2.46. The number of anilines is 1. The van der Waals surface area contributed by atoms with E-state index in [-0.39, 0.29) is 11.7 Å². The number of nitrogen functional groups attached to an aromatic ring is 1. The summed E-state index contributed by atoms with van der Waals surface area (Å²) >= 11 is 0. The number of fused-ring (bicyclic) bond motifs is 1. The van der Waals surface area contributed by atoms with E-state index < -0.39 is 43.0 Å². The van der Waals surface area contributed by atoms with Gasteiger partial charge in [0, 0.05) is 0 Å². The number of imidazole rings is 1. The van der Waals surface area contributed by atoms with Gasteiger partial charge in [-0.1, -0.05) is 13.8 Å². The summed E-state index contributed by atoms with van der Waals surface area (Å²) < 4.78 is 7.30. The molecule has 1 fully saturated rings. The van der Waals surface area contributed by atoms with Crippen LogP contribution in [0.5, 0.6) is 0 Å². The standard InChI is InChI=1S/C16H25N7O4/c1-7(2)3-8(17)15(26)22-10-12(25)9(4-24)27-16(10)23-6-21-11-13(18)19-5-20-14(11)23/h5-10,12,16,24-25H,3-4,17H2,1-2H3,(H,22,26)(H2,18,19,20)/t8-,9+,10+,12+,16+/m0/s1. The maximum Gasteiger partial charge on any atom is 0.237 e. The number of carbonyl (C=O) groups excluding carboxylic acids is 1. The molecule has 0 aliphatic carbocycles. The number of amides is 1. The number of carbonyl (C=O) groups is 1. The van der Waals surface area contributed by atoms with Crippen molar-refractivity contribution in [3.05, 3.63) is 12.7 Å². The zero-order valence-electron chi connectivity index (χ0n) is 15.2. The number of aromatic nitrogens is 4. The summed E-state index contributed by atoms with van der Waals surface area (Å²) in [6.07, 6.45) is 0.384. The molecule has 0 unspecified atom stereocenters. The molecule has 0 saturated carbocycles. The molecule has 1 saturated heterocycles. The van der Waals surface area contributed by atoms with E-state index in [9.17, 15) is 15.0 Å². The van der Waals surface area contributed by atoms with Crippen molar-refractivity contribution in [2.45, 2.75) is 50.8 Å². The first kappa shape index (κ1) is 19.4. The zero-order valence-corrected chi connectivity index (χ0v) is 15.2. The van der Waals surface area contributed by atoms with Crippen molar-refractivity contribution in [3.63, 3.8) is 0 Å². The molecule has 1 aliphatic rings. The molecule has 0 spiro atoms. The van der Waals surface area contributed by atoms with Crippen LogP contribution in [0.2, 0.25) is 0 Å². The number of nitrogens with one attached hydrogen (secondary N) is 1. The lowest BCUT2D eigenvalue weighted by molar-refractivity contribution is -0.124. The number of hydrogen-bond donors (Lipinski definition) is 5. The Labute approximate surface area is 155 Å². The molecule has 11 heteroatoms. The van der Waals surface area contributed by atoms with E-state index in [1.165, 1.54) is 12.7 Å². The molecule has 148 valence electrons. The Morgan fingerprint density at radius 1 is 1.41 bits per heavy atom. The van der Waals surface area contributed by atoms with Gasteiger partial charge in [-0.15, -0.1) is 0 Å². The molecule has 3 heterocycles. The predicted molar refractivity (Wildman–Crippen MR) is 96.1 cm³/mol. The van der Waals surface area contributed by atoms with Gasteiger partial charge in [0.2, 0.25) is 5.91 Å². The lowest BCUT2D eigenvalue weighted by Gasteiger charge is -2.24. The molecule has 0 bridgehead atoms. The van der Waals surface area contributed by atoms with Crippen LogP contribution in [0.25, 0.3) is 11.2 Å². The van der Waals surface area contributed by atoms with Gasteiger partial charge in [0.1, 0.15) is 30.1 Å². The van der Waals surface area contributed by atoms with Crippen molar-refractivity contribution in [1.82, 2.24) is 24.8 Å². The molecule has 7 N–H and O–H groups in total. The van der Waals surface area contributed by atoms with Gasteiger partial charge in [0.05, 0.1) is 19.0 Å². The van der Waals surface area contributed by atoms with Crippen LogP contribution in [-0.2, 0) is 9.53 Å². The minimum atomic E-state index is -1.13. The SMILES string of the molecule is CC(C)C[C@H](N)C(=O)N[C@@H]1[C@H](O)[C@@H](CO)O[C@H]1n1cnc2c(N)ncnc21. The van der Waals surface area contributed by atoms with E-state index in [1.807, 2.05) is 13.8 Å². The van der Waals surface area contributed by atoms with Gasteiger partial charge < -0.3 is 31.7 Å². The minimum absolute atomic E-state index is 0.204. The van der Waals surface area contributed by atoms with E-state index >= 15 is 0 Å². The fourth-order valence-corrected chi connectivity index (χ4v) is 3.23. The van der Waals surface area contributed by atoms with Crippen LogP contribution >= 0.6 is 0 Å². The van der Waals surface area contributed by atoms with Crippen molar-refractivity contribution in [3.8, 4) is 0 Å². The second-order valence-corrected chi connectivity index (χ2v) is 7.09. The van der Waals surface area contributed by atoms with Gasteiger partial charge >= 0.3 is 0 Å². The number of ether oxygens (including phenoxy) is 1. The summed E-state index contributed by atoms with van der Waals surface area (Å²) in [6.45, 7) is 3.52. The van der Waals surface area contributed by atoms with E-state index in [0.717, 1.165) is 0 Å². The summed E-state index contributed by atoms with van der Waals surface area (Å²) in [6, 6.07) is -1.56. The van der Waals surface area contributed by atoms with Crippen LogP contribution < -0.4 is 16.8 Å². The average Bonchev–Trinajstić information content (AvgIpc) is 3.17. The third kappa shape index (κ3) is 3.72. The van der Waals surface area contributed by atoms with Crippen LogP contribution in [0.1, 0.15) is 26.5 Å². The molecule has 0 aromatic carbocycles. The Morgan fingerprint density at radius 3 is 2.81 bits per heavy atom. The molecule has 11 nitrogen and oxygen atoms in total. The normalized spacial score (nSPS) is 26.6. The van der Waals surface area contributed by atoms with Gasteiger partial charge in [-0.3, -0.25) is 9.36 Å². The molecular formula is C16H25N7O4. The first-order valence-electron chi connectivity index (χ1n) is 8.76. The number of nitrogens with zero attached hydrogens (tertiary/aromatic N) is 4. The monoisotopic (exact) mass is 379 g/mol. The van der Waals surface area contributed by atoms with Crippen LogP contribution in [-0.4, -0.2) is 66.5 Å². The fraction of sp³-hybridized carbons (Fsp3) is 0.625. The molecule has 5 atom stereocenters. The molecule has 1 aliphatic heterocycles. The highest BCUT2D eigenvalue weighted by molar-refractivity contribution is 5.82. The summed E-state index contributed by atoms with van der Waals surface area (Å²) in [5.41, 5.74) is 12.5. The Morgan fingerprint density at radius 2 is 2.15 bits per heavy atom. The molecule has 2 aromatic heterocycles. The smallest absolute Gasteiger partial charge is 0.237 e. The van der Waals surface area contributed by atoms with Gasteiger partial charge in [-0.25, -0.2) is 15.0 Å². The lowest BCUT2D eigenvalue weighted by atomic mass is 10.0. The third-order valence-corrected chi connectivity index (χ3v) is 4.58.